The summed E-state index contributed by atoms with van der Waals surface area (Å²) in [5.74, 6) is 0. The summed E-state index contributed by atoms with van der Waals surface area (Å²) in [6, 6.07) is 3.31. The molecule has 0 amide bonds. The van der Waals surface area contributed by atoms with Crippen LogP contribution in [0.5, 0.6) is 0 Å². The number of nitrogens with zero attached hydrogens (tertiary/aromatic N) is 1. The first kappa shape index (κ1) is 14.1. The fourth-order valence-electron chi connectivity index (χ4n) is 1.25. The first-order valence-electron chi connectivity index (χ1n) is 5.75. The second kappa shape index (κ2) is 6.68. The molecule has 6 heteroatoms. The number of aromatic nitrogens is 1. The van der Waals surface area contributed by atoms with Gasteiger partial charge in [0.15, 0.2) is 5.03 Å². The van der Waals surface area contributed by atoms with Gasteiger partial charge in [-0.25, -0.2) is 18.1 Å². The highest BCUT2D eigenvalue weighted by Crippen LogP contribution is 2.06. The lowest BCUT2D eigenvalue weighted by molar-refractivity contribution is 0.576. The van der Waals surface area contributed by atoms with Gasteiger partial charge in [-0.3, -0.25) is 0 Å². The van der Waals surface area contributed by atoms with E-state index >= 15 is 0 Å². The van der Waals surface area contributed by atoms with Crippen LogP contribution in [0.4, 0.5) is 0 Å². The quantitative estimate of drug-likeness (QED) is 0.760. The molecule has 1 aromatic heterocycles. The van der Waals surface area contributed by atoms with Crippen LogP contribution in [0.15, 0.2) is 23.4 Å². The molecule has 0 saturated carbocycles. The fourth-order valence-corrected chi connectivity index (χ4v) is 2.31. The molecule has 0 saturated heterocycles. The zero-order chi connectivity index (χ0) is 12.7. The number of pyridine rings is 1. The van der Waals surface area contributed by atoms with Crippen molar-refractivity contribution in [2.45, 2.75) is 31.8 Å². The van der Waals surface area contributed by atoms with Crippen LogP contribution in [0.2, 0.25) is 0 Å². The van der Waals surface area contributed by atoms with E-state index in [1.807, 2.05) is 13.8 Å². The highest BCUT2D eigenvalue weighted by Gasteiger charge is 2.13. The van der Waals surface area contributed by atoms with Gasteiger partial charge in [0.2, 0.25) is 0 Å². The molecule has 2 N–H and O–H groups in total. The monoisotopic (exact) mass is 257 g/mol. The lowest BCUT2D eigenvalue weighted by atomic mass is 10.3. The normalized spacial score (nSPS) is 11.6. The van der Waals surface area contributed by atoms with Gasteiger partial charge in [0.05, 0.1) is 0 Å². The minimum Gasteiger partial charge on any atom is -0.313 e. The molecule has 96 valence electrons. The molecular formula is C11H19N3O2S. The summed E-state index contributed by atoms with van der Waals surface area (Å²) in [5, 5.41) is 3.23. The van der Waals surface area contributed by atoms with Crippen molar-refractivity contribution in [2.24, 2.45) is 0 Å². The van der Waals surface area contributed by atoms with Crippen molar-refractivity contribution in [3.63, 3.8) is 0 Å². The SMILES string of the molecule is CCCNS(=O)(=O)c1ccc(CNCC)cn1. The summed E-state index contributed by atoms with van der Waals surface area (Å²) in [7, 11) is -3.44. The Morgan fingerprint density at radius 1 is 1.29 bits per heavy atom. The van der Waals surface area contributed by atoms with Crippen LogP contribution in [0.3, 0.4) is 0 Å². The van der Waals surface area contributed by atoms with Crippen molar-refractivity contribution < 1.29 is 8.42 Å². The number of nitrogens with one attached hydrogen (secondary N) is 2. The van der Waals surface area contributed by atoms with Gasteiger partial charge in [0.25, 0.3) is 10.0 Å². The maximum atomic E-state index is 11.7. The predicted octanol–water partition coefficient (Wildman–Crippen LogP) is 0.879. The zero-order valence-electron chi connectivity index (χ0n) is 10.2. The van der Waals surface area contributed by atoms with Gasteiger partial charge in [-0.05, 0) is 24.6 Å². The molecule has 0 radical (unpaired) electrons. The molecule has 1 rings (SSSR count). The summed E-state index contributed by atoms with van der Waals surface area (Å²) >= 11 is 0. The van der Waals surface area contributed by atoms with Gasteiger partial charge in [0.1, 0.15) is 0 Å². The number of sulfonamides is 1. The number of hydrogen-bond donors (Lipinski definition) is 2. The average molecular weight is 257 g/mol. The molecule has 0 aliphatic rings. The van der Waals surface area contributed by atoms with E-state index in [0.717, 1.165) is 18.5 Å². The Morgan fingerprint density at radius 2 is 2.06 bits per heavy atom. The van der Waals surface area contributed by atoms with Crippen LogP contribution in [0.25, 0.3) is 0 Å². The summed E-state index contributed by atoms with van der Waals surface area (Å²) < 4.78 is 25.9. The van der Waals surface area contributed by atoms with E-state index in [2.05, 4.69) is 15.0 Å². The summed E-state index contributed by atoms with van der Waals surface area (Å²) in [5.41, 5.74) is 0.973. The van der Waals surface area contributed by atoms with Crippen LogP contribution in [-0.2, 0) is 16.6 Å². The maximum Gasteiger partial charge on any atom is 0.258 e. The molecule has 0 bridgehead atoms. The molecule has 0 aliphatic carbocycles. The Balaban J connectivity index is 2.73. The molecule has 0 aliphatic heterocycles. The summed E-state index contributed by atoms with van der Waals surface area (Å²) in [6.07, 6.45) is 2.35. The number of rotatable bonds is 7. The Kier molecular flexibility index (Phi) is 5.54. The van der Waals surface area contributed by atoms with Crippen LogP contribution >= 0.6 is 0 Å². The van der Waals surface area contributed by atoms with E-state index in [0.29, 0.717) is 13.1 Å². The molecule has 0 spiro atoms. The third-order valence-electron chi connectivity index (χ3n) is 2.19. The fraction of sp³-hybridized carbons (Fsp3) is 0.545. The highest BCUT2D eigenvalue weighted by molar-refractivity contribution is 7.89. The van der Waals surface area contributed by atoms with Gasteiger partial charge in [0, 0.05) is 19.3 Å². The van der Waals surface area contributed by atoms with Gasteiger partial charge in [-0.1, -0.05) is 19.9 Å². The van der Waals surface area contributed by atoms with Crippen LogP contribution in [0.1, 0.15) is 25.8 Å². The smallest absolute Gasteiger partial charge is 0.258 e. The van der Waals surface area contributed by atoms with E-state index in [1.165, 1.54) is 6.07 Å². The molecule has 17 heavy (non-hydrogen) atoms. The number of hydrogen-bond acceptors (Lipinski definition) is 4. The Labute approximate surface area is 103 Å². The molecule has 0 unspecified atom stereocenters. The van der Waals surface area contributed by atoms with Crippen LogP contribution in [0, 0.1) is 0 Å². The van der Waals surface area contributed by atoms with Crippen LogP contribution < -0.4 is 10.0 Å². The molecule has 0 fully saturated rings. The molecule has 0 aromatic carbocycles. The predicted molar refractivity (Wildman–Crippen MR) is 67.1 cm³/mol. The first-order chi connectivity index (χ1) is 8.10. The van der Waals surface area contributed by atoms with E-state index in [1.54, 1.807) is 12.3 Å². The molecular weight excluding hydrogens is 238 g/mol. The molecule has 1 heterocycles. The summed E-state index contributed by atoms with van der Waals surface area (Å²) in [4.78, 5) is 3.97. The first-order valence-corrected chi connectivity index (χ1v) is 7.23. The van der Waals surface area contributed by atoms with Crippen molar-refractivity contribution in [1.82, 2.24) is 15.0 Å². The Morgan fingerprint density at radius 3 is 2.59 bits per heavy atom. The lowest BCUT2D eigenvalue weighted by Crippen LogP contribution is -2.25. The standard InChI is InChI=1S/C11H19N3O2S/c1-3-7-14-17(15,16)11-6-5-10(9-13-11)8-12-4-2/h5-6,9,12,14H,3-4,7-8H2,1-2H3. The topological polar surface area (TPSA) is 71.1 Å². The van der Waals surface area contributed by atoms with Crippen molar-refractivity contribution >= 4 is 10.0 Å². The minimum absolute atomic E-state index is 0.0752. The second-order valence-corrected chi connectivity index (χ2v) is 5.40. The van der Waals surface area contributed by atoms with Gasteiger partial charge >= 0.3 is 0 Å². The molecule has 1 aromatic rings. The third kappa shape index (κ3) is 4.41. The lowest BCUT2D eigenvalue weighted by Gasteiger charge is -2.06. The van der Waals surface area contributed by atoms with Gasteiger partial charge in [-0.15, -0.1) is 0 Å². The molecule has 0 atom stereocenters. The Hall–Kier alpha value is -0.980. The van der Waals surface area contributed by atoms with Crippen molar-refractivity contribution in [3.05, 3.63) is 23.9 Å². The maximum absolute atomic E-state index is 11.7. The van der Waals surface area contributed by atoms with Gasteiger partial charge in [-0.2, -0.15) is 0 Å². The summed E-state index contributed by atoms with van der Waals surface area (Å²) in [6.45, 7) is 5.93. The zero-order valence-corrected chi connectivity index (χ0v) is 11.0. The van der Waals surface area contributed by atoms with E-state index in [-0.39, 0.29) is 5.03 Å². The Bertz CT molecular complexity index is 429. The van der Waals surface area contributed by atoms with E-state index < -0.39 is 10.0 Å². The van der Waals surface area contributed by atoms with Gasteiger partial charge < -0.3 is 5.32 Å². The van der Waals surface area contributed by atoms with E-state index in [9.17, 15) is 8.42 Å². The highest BCUT2D eigenvalue weighted by atomic mass is 32.2. The van der Waals surface area contributed by atoms with Crippen LogP contribution in [-0.4, -0.2) is 26.5 Å². The average Bonchev–Trinajstić information content (AvgIpc) is 2.34. The second-order valence-electron chi connectivity index (χ2n) is 3.68. The largest absolute Gasteiger partial charge is 0.313 e. The van der Waals surface area contributed by atoms with Crippen molar-refractivity contribution in [3.8, 4) is 0 Å². The minimum atomic E-state index is -3.44. The third-order valence-corrected chi connectivity index (χ3v) is 3.57. The molecule has 5 nitrogen and oxygen atoms in total. The van der Waals surface area contributed by atoms with Crippen molar-refractivity contribution in [1.29, 1.82) is 0 Å². The van der Waals surface area contributed by atoms with Crippen molar-refractivity contribution in [2.75, 3.05) is 13.1 Å². The van der Waals surface area contributed by atoms with E-state index in [4.69, 9.17) is 0 Å².